The van der Waals surface area contributed by atoms with Gasteiger partial charge in [0.15, 0.2) is 12.6 Å². The van der Waals surface area contributed by atoms with Crippen molar-refractivity contribution >= 4 is 11.9 Å². The minimum absolute atomic E-state index is 0.0424. The number of rotatable bonds is 11. The second-order valence-corrected chi connectivity index (χ2v) is 7.79. The molecule has 32 heavy (non-hydrogen) atoms. The molecule has 3 rings (SSSR count). The van der Waals surface area contributed by atoms with Crippen LogP contribution in [0.1, 0.15) is 25.3 Å². The second kappa shape index (κ2) is 11.9. The number of halogens is 1. The average molecular weight is 443 g/mol. The van der Waals surface area contributed by atoms with Crippen LogP contribution in [0.2, 0.25) is 0 Å². The van der Waals surface area contributed by atoms with Gasteiger partial charge in [0.2, 0.25) is 0 Å². The lowest BCUT2D eigenvalue weighted by Gasteiger charge is -2.18. The predicted octanol–water partition coefficient (Wildman–Crippen LogP) is 2.66. The summed E-state index contributed by atoms with van der Waals surface area (Å²) >= 11 is 0. The fraction of sp³-hybridized carbons (Fsp3) is 0.417. The Morgan fingerprint density at radius 3 is 2.62 bits per heavy atom. The third-order valence-electron chi connectivity index (χ3n) is 4.86. The van der Waals surface area contributed by atoms with Crippen molar-refractivity contribution < 1.29 is 18.7 Å². The van der Waals surface area contributed by atoms with E-state index in [9.17, 15) is 9.18 Å². The van der Waals surface area contributed by atoms with Gasteiger partial charge in [-0.3, -0.25) is 9.79 Å². The smallest absolute Gasteiger partial charge is 0.258 e. The van der Waals surface area contributed by atoms with Crippen molar-refractivity contribution in [1.82, 2.24) is 16.0 Å². The van der Waals surface area contributed by atoms with Gasteiger partial charge < -0.3 is 25.4 Å². The van der Waals surface area contributed by atoms with Crippen LogP contribution in [-0.4, -0.2) is 50.8 Å². The Hall–Kier alpha value is -3.29. The second-order valence-electron chi connectivity index (χ2n) is 7.79. The van der Waals surface area contributed by atoms with Crippen LogP contribution >= 0.6 is 0 Å². The summed E-state index contributed by atoms with van der Waals surface area (Å²) in [6, 6.07) is 14.2. The summed E-state index contributed by atoms with van der Waals surface area (Å²) in [5, 5.41) is 9.37. The molecule has 3 N–H and O–H groups in total. The van der Waals surface area contributed by atoms with Crippen molar-refractivity contribution in [3.8, 4) is 11.5 Å². The number of nitrogens with one attached hydrogen (secondary N) is 3. The SMILES string of the molecule is CN=C(NCCc1ccc(OCC(=O)NC2CC2)cc1)NCC(C)Oc1cccc(F)c1. The molecule has 7 nitrogen and oxygen atoms in total. The lowest BCUT2D eigenvalue weighted by atomic mass is 10.1. The number of aliphatic imine (C=N–C) groups is 1. The first-order valence-corrected chi connectivity index (χ1v) is 10.9. The molecule has 0 aromatic heterocycles. The number of nitrogens with zero attached hydrogens (tertiary/aromatic N) is 1. The zero-order chi connectivity index (χ0) is 22.8. The van der Waals surface area contributed by atoms with E-state index in [2.05, 4.69) is 20.9 Å². The largest absolute Gasteiger partial charge is 0.489 e. The highest BCUT2D eigenvalue weighted by molar-refractivity contribution is 5.79. The van der Waals surface area contributed by atoms with Crippen LogP contribution in [0, 0.1) is 5.82 Å². The highest BCUT2D eigenvalue weighted by Gasteiger charge is 2.23. The molecule has 1 fully saturated rings. The van der Waals surface area contributed by atoms with Crippen molar-refractivity contribution in [3.05, 3.63) is 59.9 Å². The Bertz CT molecular complexity index is 900. The standard InChI is InChI=1S/C24H31FN4O3/c1-17(32-22-5-3-4-19(25)14-22)15-28-24(26-2)27-13-12-18-6-10-21(11-7-18)31-16-23(30)29-20-8-9-20/h3-7,10-11,14,17,20H,8-9,12-13,15-16H2,1-2H3,(H,29,30)(H2,26,27,28). The van der Waals surface area contributed by atoms with Gasteiger partial charge >= 0.3 is 0 Å². The van der Waals surface area contributed by atoms with Gasteiger partial charge in [0, 0.05) is 25.7 Å². The summed E-state index contributed by atoms with van der Waals surface area (Å²) in [6.45, 7) is 3.17. The molecular formula is C24H31FN4O3. The molecule has 0 heterocycles. The molecule has 1 aliphatic rings. The minimum atomic E-state index is -0.321. The Morgan fingerprint density at radius 1 is 1.16 bits per heavy atom. The topological polar surface area (TPSA) is 84.0 Å². The molecule has 2 aromatic carbocycles. The van der Waals surface area contributed by atoms with Gasteiger partial charge in [-0.25, -0.2) is 4.39 Å². The molecule has 1 amide bonds. The molecule has 0 spiro atoms. The number of ether oxygens (including phenoxy) is 2. The molecule has 1 unspecified atom stereocenters. The molecule has 1 aliphatic carbocycles. The third kappa shape index (κ3) is 8.45. The van der Waals surface area contributed by atoms with E-state index in [1.54, 1.807) is 19.2 Å². The Balaban J connectivity index is 1.32. The fourth-order valence-corrected chi connectivity index (χ4v) is 3.00. The minimum Gasteiger partial charge on any atom is -0.489 e. The van der Waals surface area contributed by atoms with Gasteiger partial charge in [-0.15, -0.1) is 0 Å². The molecule has 0 bridgehead atoms. The number of amides is 1. The zero-order valence-electron chi connectivity index (χ0n) is 18.6. The summed E-state index contributed by atoms with van der Waals surface area (Å²) in [6.07, 6.45) is 2.78. The molecule has 1 saturated carbocycles. The molecule has 1 atom stereocenters. The maximum absolute atomic E-state index is 13.3. The summed E-state index contributed by atoms with van der Waals surface area (Å²) < 4.78 is 24.5. The van der Waals surface area contributed by atoms with Gasteiger partial charge in [-0.05, 0) is 56.0 Å². The number of guanidine groups is 1. The van der Waals surface area contributed by atoms with Crippen molar-refractivity contribution in [2.75, 3.05) is 26.7 Å². The Morgan fingerprint density at radius 2 is 1.94 bits per heavy atom. The average Bonchev–Trinajstić information content (AvgIpc) is 3.59. The molecule has 0 saturated heterocycles. The quantitative estimate of drug-likeness (QED) is 0.368. The van der Waals surface area contributed by atoms with E-state index in [4.69, 9.17) is 9.47 Å². The molecule has 2 aromatic rings. The van der Waals surface area contributed by atoms with Crippen LogP contribution in [-0.2, 0) is 11.2 Å². The van der Waals surface area contributed by atoms with E-state index in [1.165, 1.54) is 12.1 Å². The Kier molecular flexibility index (Phi) is 8.71. The highest BCUT2D eigenvalue weighted by Crippen LogP contribution is 2.18. The van der Waals surface area contributed by atoms with Crippen LogP contribution in [0.25, 0.3) is 0 Å². The van der Waals surface area contributed by atoms with Crippen molar-refractivity contribution in [2.45, 2.75) is 38.3 Å². The highest BCUT2D eigenvalue weighted by atomic mass is 19.1. The summed E-state index contributed by atoms with van der Waals surface area (Å²) in [5.74, 6) is 1.45. The summed E-state index contributed by atoms with van der Waals surface area (Å²) in [7, 11) is 1.71. The number of carbonyl (C=O) groups excluding carboxylic acids is 1. The van der Waals surface area contributed by atoms with Gasteiger partial charge in [-0.1, -0.05) is 18.2 Å². The normalized spacial score (nSPS) is 14.4. The van der Waals surface area contributed by atoms with E-state index in [0.29, 0.717) is 36.6 Å². The van der Waals surface area contributed by atoms with Gasteiger partial charge in [0.1, 0.15) is 23.4 Å². The molecule has 0 radical (unpaired) electrons. The lowest BCUT2D eigenvalue weighted by Crippen LogP contribution is -2.42. The number of carbonyl (C=O) groups is 1. The van der Waals surface area contributed by atoms with E-state index in [1.807, 2.05) is 31.2 Å². The van der Waals surface area contributed by atoms with Crippen LogP contribution in [0.4, 0.5) is 4.39 Å². The number of benzene rings is 2. The maximum Gasteiger partial charge on any atom is 0.258 e. The summed E-state index contributed by atoms with van der Waals surface area (Å²) in [4.78, 5) is 15.9. The first kappa shape index (κ1) is 23.4. The molecule has 172 valence electrons. The first-order chi connectivity index (χ1) is 15.5. The molecule has 8 heteroatoms. The van der Waals surface area contributed by atoms with Crippen molar-refractivity contribution in [2.24, 2.45) is 4.99 Å². The predicted molar refractivity (Wildman–Crippen MR) is 123 cm³/mol. The van der Waals surface area contributed by atoms with E-state index in [-0.39, 0.29) is 24.4 Å². The van der Waals surface area contributed by atoms with E-state index in [0.717, 1.165) is 24.8 Å². The maximum atomic E-state index is 13.3. The number of hydrogen-bond donors (Lipinski definition) is 3. The molecular weight excluding hydrogens is 411 g/mol. The lowest BCUT2D eigenvalue weighted by molar-refractivity contribution is -0.123. The van der Waals surface area contributed by atoms with Crippen LogP contribution in [0.5, 0.6) is 11.5 Å². The van der Waals surface area contributed by atoms with Gasteiger partial charge in [0.25, 0.3) is 5.91 Å². The van der Waals surface area contributed by atoms with Crippen LogP contribution in [0.15, 0.2) is 53.5 Å². The summed E-state index contributed by atoms with van der Waals surface area (Å²) in [5.41, 5.74) is 1.14. The van der Waals surface area contributed by atoms with Gasteiger partial charge in [0.05, 0.1) is 6.54 Å². The monoisotopic (exact) mass is 442 g/mol. The third-order valence-corrected chi connectivity index (χ3v) is 4.86. The van der Waals surface area contributed by atoms with E-state index < -0.39 is 0 Å². The van der Waals surface area contributed by atoms with Crippen LogP contribution in [0.3, 0.4) is 0 Å². The molecule has 0 aliphatic heterocycles. The Labute approximate surface area is 188 Å². The van der Waals surface area contributed by atoms with E-state index >= 15 is 0 Å². The van der Waals surface area contributed by atoms with Crippen LogP contribution < -0.4 is 25.4 Å². The van der Waals surface area contributed by atoms with Crippen molar-refractivity contribution in [1.29, 1.82) is 0 Å². The first-order valence-electron chi connectivity index (χ1n) is 10.9. The van der Waals surface area contributed by atoms with Crippen molar-refractivity contribution in [3.63, 3.8) is 0 Å². The number of hydrogen-bond acceptors (Lipinski definition) is 4. The van der Waals surface area contributed by atoms with Gasteiger partial charge in [-0.2, -0.15) is 0 Å². The zero-order valence-corrected chi connectivity index (χ0v) is 18.6. The fourth-order valence-electron chi connectivity index (χ4n) is 3.00.